The first-order valence-corrected chi connectivity index (χ1v) is 8.16. The Morgan fingerprint density at radius 1 is 1.27 bits per heavy atom. The molecular formula is C18H19F3N4O. The predicted molar refractivity (Wildman–Crippen MR) is 93.1 cm³/mol. The molecule has 1 aromatic carbocycles. The number of hydrogen-bond donors (Lipinski definition) is 0. The SMILES string of the molecule is CN(C)C=Nc1cc(N=CC(=O)C2CCCC2)cc(C(F)(F)F)c1C#N. The molecule has 0 bridgehead atoms. The third-order valence-corrected chi connectivity index (χ3v) is 4.05. The Labute approximate surface area is 149 Å². The molecule has 0 spiro atoms. The van der Waals surface area contributed by atoms with Gasteiger partial charge < -0.3 is 4.90 Å². The van der Waals surface area contributed by atoms with Crippen LogP contribution in [0.4, 0.5) is 24.5 Å². The first kappa shape index (κ1) is 19.6. The Morgan fingerprint density at radius 3 is 2.46 bits per heavy atom. The third kappa shape index (κ3) is 4.91. The highest BCUT2D eigenvalue weighted by Gasteiger charge is 2.35. The van der Waals surface area contributed by atoms with E-state index in [0.29, 0.717) is 0 Å². The summed E-state index contributed by atoms with van der Waals surface area (Å²) in [7, 11) is 3.31. The van der Waals surface area contributed by atoms with Gasteiger partial charge in [0.1, 0.15) is 6.07 Å². The highest BCUT2D eigenvalue weighted by atomic mass is 19.4. The monoisotopic (exact) mass is 364 g/mol. The summed E-state index contributed by atoms with van der Waals surface area (Å²) in [6.07, 6.45) is 1.17. The molecule has 0 N–H and O–H groups in total. The predicted octanol–water partition coefficient (Wildman–Crippen LogP) is 4.26. The molecule has 138 valence electrons. The van der Waals surface area contributed by atoms with Crippen LogP contribution in [0.25, 0.3) is 0 Å². The molecule has 5 nitrogen and oxygen atoms in total. The summed E-state index contributed by atoms with van der Waals surface area (Å²) < 4.78 is 39.9. The quantitative estimate of drug-likeness (QED) is 0.579. The Kier molecular flexibility index (Phi) is 6.14. The lowest BCUT2D eigenvalue weighted by Gasteiger charge is -2.12. The molecule has 1 aliphatic carbocycles. The number of rotatable bonds is 5. The topological polar surface area (TPSA) is 68.8 Å². The van der Waals surface area contributed by atoms with Crippen LogP contribution < -0.4 is 0 Å². The maximum Gasteiger partial charge on any atom is 0.417 e. The zero-order chi connectivity index (χ0) is 19.3. The number of carbonyl (C=O) groups excluding carboxylic acids is 1. The number of ketones is 1. The fraction of sp³-hybridized carbons (Fsp3) is 0.444. The van der Waals surface area contributed by atoms with Crippen molar-refractivity contribution in [3.05, 3.63) is 23.3 Å². The molecule has 8 heteroatoms. The number of halogens is 3. The van der Waals surface area contributed by atoms with Gasteiger partial charge in [0, 0.05) is 20.0 Å². The van der Waals surface area contributed by atoms with Gasteiger partial charge in [0.25, 0.3) is 0 Å². The Bertz CT molecular complexity index is 770. The molecule has 0 amide bonds. The van der Waals surface area contributed by atoms with Gasteiger partial charge in [-0.25, -0.2) is 4.99 Å². The van der Waals surface area contributed by atoms with Crippen molar-refractivity contribution in [3.63, 3.8) is 0 Å². The van der Waals surface area contributed by atoms with E-state index in [-0.39, 0.29) is 23.1 Å². The van der Waals surface area contributed by atoms with Gasteiger partial charge in [0.15, 0.2) is 5.78 Å². The summed E-state index contributed by atoms with van der Waals surface area (Å²) >= 11 is 0. The summed E-state index contributed by atoms with van der Waals surface area (Å²) in [5.41, 5.74) is -1.89. The highest BCUT2D eigenvalue weighted by Crippen LogP contribution is 2.39. The van der Waals surface area contributed by atoms with Crippen LogP contribution in [0.1, 0.15) is 36.8 Å². The molecule has 0 radical (unpaired) electrons. The largest absolute Gasteiger partial charge is 0.417 e. The van der Waals surface area contributed by atoms with Crippen LogP contribution in [-0.4, -0.2) is 37.3 Å². The summed E-state index contributed by atoms with van der Waals surface area (Å²) in [6, 6.07) is 3.60. The van der Waals surface area contributed by atoms with Crippen LogP contribution >= 0.6 is 0 Å². The Balaban J connectivity index is 2.44. The Morgan fingerprint density at radius 2 is 1.92 bits per heavy atom. The lowest BCUT2D eigenvalue weighted by molar-refractivity contribution is -0.137. The minimum atomic E-state index is -4.73. The Hall–Kier alpha value is -2.69. The van der Waals surface area contributed by atoms with E-state index in [1.54, 1.807) is 20.2 Å². The number of aliphatic imine (C=N–C) groups is 2. The maximum atomic E-state index is 13.3. The van der Waals surface area contributed by atoms with E-state index in [2.05, 4.69) is 9.98 Å². The molecule has 2 rings (SSSR count). The lowest BCUT2D eigenvalue weighted by Crippen LogP contribution is -2.11. The van der Waals surface area contributed by atoms with Gasteiger partial charge in [-0.1, -0.05) is 12.8 Å². The zero-order valence-electron chi connectivity index (χ0n) is 14.5. The van der Waals surface area contributed by atoms with Crippen molar-refractivity contribution in [1.82, 2.24) is 4.90 Å². The van der Waals surface area contributed by atoms with E-state index in [1.807, 2.05) is 0 Å². The van der Waals surface area contributed by atoms with Crippen molar-refractivity contribution in [3.8, 4) is 6.07 Å². The van der Waals surface area contributed by atoms with Crippen LogP contribution in [0.2, 0.25) is 0 Å². The van der Waals surface area contributed by atoms with E-state index >= 15 is 0 Å². The molecule has 1 fully saturated rings. The molecule has 0 saturated heterocycles. The second kappa shape index (κ2) is 8.13. The smallest absolute Gasteiger partial charge is 0.369 e. The fourth-order valence-electron chi connectivity index (χ4n) is 2.76. The van der Waals surface area contributed by atoms with Crippen molar-refractivity contribution in [1.29, 1.82) is 5.26 Å². The van der Waals surface area contributed by atoms with Crippen molar-refractivity contribution in [2.24, 2.45) is 15.9 Å². The van der Waals surface area contributed by atoms with Gasteiger partial charge in [-0.15, -0.1) is 0 Å². The normalized spacial score (nSPS) is 15.7. The van der Waals surface area contributed by atoms with Crippen molar-refractivity contribution in [2.45, 2.75) is 31.9 Å². The van der Waals surface area contributed by atoms with E-state index in [0.717, 1.165) is 38.0 Å². The number of Topliss-reactive ketones (excluding diaryl/α,β-unsaturated/α-hetero) is 1. The molecule has 0 heterocycles. The van der Waals surface area contributed by atoms with Crippen LogP contribution in [0.3, 0.4) is 0 Å². The number of carbonyl (C=O) groups is 1. The second-order valence-electron chi connectivity index (χ2n) is 6.35. The molecule has 0 unspecified atom stereocenters. The van der Waals surface area contributed by atoms with E-state index in [4.69, 9.17) is 5.26 Å². The molecule has 1 aromatic rings. The highest BCUT2D eigenvalue weighted by molar-refractivity contribution is 6.29. The molecule has 26 heavy (non-hydrogen) atoms. The molecule has 0 aromatic heterocycles. The molecule has 1 aliphatic rings. The number of benzene rings is 1. The van der Waals surface area contributed by atoms with E-state index in [1.165, 1.54) is 17.3 Å². The minimum Gasteiger partial charge on any atom is -0.369 e. The zero-order valence-corrected chi connectivity index (χ0v) is 14.5. The van der Waals surface area contributed by atoms with Gasteiger partial charge in [-0.3, -0.25) is 9.79 Å². The first-order chi connectivity index (χ1) is 12.2. The summed E-state index contributed by atoms with van der Waals surface area (Å²) in [5.74, 6) is -0.288. The molecular weight excluding hydrogens is 345 g/mol. The average Bonchev–Trinajstić information content (AvgIpc) is 3.11. The number of hydrogen-bond acceptors (Lipinski definition) is 4. The second-order valence-corrected chi connectivity index (χ2v) is 6.35. The van der Waals surface area contributed by atoms with Crippen LogP contribution in [-0.2, 0) is 11.0 Å². The minimum absolute atomic E-state index is 0.0615. The number of nitrogens with zero attached hydrogens (tertiary/aromatic N) is 4. The van der Waals surface area contributed by atoms with E-state index < -0.39 is 17.3 Å². The van der Waals surface area contributed by atoms with Crippen LogP contribution in [0.15, 0.2) is 22.1 Å². The van der Waals surface area contributed by atoms with Crippen molar-refractivity contribution < 1.29 is 18.0 Å². The van der Waals surface area contributed by atoms with Gasteiger partial charge in [-0.2, -0.15) is 18.4 Å². The van der Waals surface area contributed by atoms with Gasteiger partial charge >= 0.3 is 6.18 Å². The summed E-state index contributed by atoms with van der Waals surface area (Å²) in [5, 5.41) is 9.15. The maximum absolute atomic E-state index is 13.3. The van der Waals surface area contributed by atoms with Crippen molar-refractivity contribution in [2.75, 3.05) is 14.1 Å². The van der Waals surface area contributed by atoms with Crippen molar-refractivity contribution >= 4 is 29.7 Å². The standard InChI is InChI=1S/C18H19F3N4O/c1-25(2)11-24-16-8-13(7-15(14(16)9-22)18(19,20)21)23-10-17(26)12-5-3-4-6-12/h7-8,10-12H,3-6H2,1-2H3. The summed E-state index contributed by atoms with van der Waals surface area (Å²) in [4.78, 5) is 21.5. The van der Waals surface area contributed by atoms with Gasteiger partial charge in [-0.05, 0) is 25.0 Å². The summed E-state index contributed by atoms with van der Waals surface area (Å²) in [6.45, 7) is 0. The van der Waals surface area contributed by atoms with Gasteiger partial charge in [0.2, 0.25) is 0 Å². The third-order valence-electron chi connectivity index (χ3n) is 4.05. The molecule has 1 saturated carbocycles. The first-order valence-electron chi connectivity index (χ1n) is 8.16. The fourth-order valence-corrected chi connectivity index (χ4v) is 2.76. The van der Waals surface area contributed by atoms with Gasteiger partial charge in [0.05, 0.1) is 35.1 Å². The van der Waals surface area contributed by atoms with Crippen LogP contribution in [0, 0.1) is 17.2 Å². The lowest BCUT2D eigenvalue weighted by atomic mass is 10.0. The number of nitriles is 1. The van der Waals surface area contributed by atoms with E-state index in [9.17, 15) is 18.0 Å². The molecule has 0 atom stereocenters. The van der Waals surface area contributed by atoms with Crippen LogP contribution in [0.5, 0.6) is 0 Å². The molecule has 0 aliphatic heterocycles. The number of alkyl halides is 3. The average molecular weight is 364 g/mol.